The molecule has 3 aromatic rings. The fourth-order valence-electron chi connectivity index (χ4n) is 4.75. The number of aryl methyl sites for hydroxylation is 1. The first-order chi connectivity index (χ1) is 14.9. The highest BCUT2D eigenvalue weighted by Gasteiger charge is 2.41. The lowest BCUT2D eigenvalue weighted by Crippen LogP contribution is -2.33. The van der Waals surface area contributed by atoms with E-state index in [-0.39, 0.29) is 24.3 Å². The van der Waals surface area contributed by atoms with Crippen molar-refractivity contribution in [1.82, 2.24) is 9.47 Å². The summed E-state index contributed by atoms with van der Waals surface area (Å²) in [5.41, 5.74) is 5.26. The fourth-order valence-corrected chi connectivity index (χ4v) is 4.75. The summed E-state index contributed by atoms with van der Waals surface area (Å²) in [5.74, 6) is 0.325. The van der Waals surface area contributed by atoms with E-state index in [0.717, 1.165) is 33.4 Å². The molecule has 158 valence electrons. The molecular formula is C24H23N3O4. The lowest BCUT2D eigenvalue weighted by Gasteiger charge is -2.20. The predicted octanol–water partition coefficient (Wildman–Crippen LogP) is 3.40. The summed E-state index contributed by atoms with van der Waals surface area (Å²) in [4.78, 5) is 26.9. The van der Waals surface area contributed by atoms with Gasteiger partial charge in [-0.15, -0.1) is 0 Å². The van der Waals surface area contributed by atoms with Crippen molar-refractivity contribution >= 4 is 28.4 Å². The largest absolute Gasteiger partial charge is 0.493 e. The van der Waals surface area contributed by atoms with Gasteiger partial charge in [-0.05, 0) is 35.4 Å². The number of rotatable bonds is 3. The summed E-state index contributed by atoms with van der Waals surface area (Å²) >= 11 is 0. The van der Waals surface area contributed by atoms with Crippen LogP contribution in [0.5, 0.6) is 11.5 Å². The zero-order chi connectivity index (χ0) is 21.9. The van der Waals surface area contributed by atoms with Crippen molar-refractivity contribution in [1.29, 1.82) is 0 Å². The number of carbonyl (C=O) groups is 2. The summed E-state index contributed by atoms with van der Waals surface area (Å²) in [6.45, 7) is 1.66. The Bertz CT molecular complexity index is 1290. The average molecular weight is 417 g/mol. The number of hydrogen-bond donors (Lipinski definition) is 1. The zero-order valence-electron chi connectivity index (χ0n) is 17.9. The second-order valence-electron chi connectivity index (χ2n) is 7.87. The van der Waals surface area contributed by atoms with Crippen molar-refractivity contribution in [3.63, 3.8) is 0 Å². The van der Waals surface area contributed by atoms with Crippen LogP contribution in [-0.2, 0) is 16.6 Å². The van der Waals surface area contributed by atoms with Gasteiger partial charge in [0, 0.05) is 42.9 Å². The molecule has 2 aromatic carbocycles. The van der Waals surface area contributed by atoms with Gasteiger partial charge in [-0.25, -0.2) is 0 Å². The lowest BCUT2D eigenvalue weighted by atomic mass is 9.84. The highest BCUT2D eigenvalue weighted by Crippen LogP contribution is 2.47. The van der Waals surface area contributed by atoms with E-state index in [1.807, 2.05) is 37.4 Å². The van der Waals surface area contributed by atoms with Gasteiger partial charge in [0.1, 0.15) is 0 Å². The van der Waals surface area contributed by atoms with E-state index in [4.69, 9.17) is 9.47 Å². The molecule has 0 radical (unpaired) electrons. The molecular weight excluding hydrogens is 394 g/mol. The van der Waals surface area contributed by atoms with Gasteiger partial charge in [-0.2, -0.15) is 0 Å². The smallest absolute Gasteiger partial charge is 0.259 e. The highest BCUT2D eigenvalue weighted by molar-refractivity contribution is 6.11. The number of hydrogen-bond acceptors (Lipinski definition) is 5. The minimum atomic E-state index is -0.355. The third-order valence-electron chi connectivity index (χ3n) is 6.17. The van der Waals surface area contributed by atoms with Crippen LogP contribution in [0.15, 0.2) is 53.9 Å². The van der Waals surface area contributed by atoms with Gasteiger partial charge in [-0.1, -0.05) is 12.1 Å². The Morgan fingerprint density at radius 2 is 1.90 bits per heavy atom. The number of benzene rings is 2. The number of imide groups is 1. The second kappa shape index (κ2) is 6.91. The molecule has 1 atom stereocenters. The Morgan fingerprint density at radius 1 is 1.13 bits per heavy atom. The van der Waals surface area contributed by atoms with Gasteiger partial charge < -0.3 is 19.4 Å². The minimum absolute atomic E-state index is 0.236. The van der Waals surface area contributed by atoms with Crippen LogP contribution in [0.4, 0.5) is 5.69 Å². The van der Waals surface area contributed by atoms with Crippen LogP contribution in [0, 0.1) is 0 Å². The first-order valence-electron chi connectivity index (χ1n) is 10.1. The van der Waals surface area contributed by atoms with Gasteiger partial charge >= 0.3 is 0 Å². The van der Waals surface area contributed by atoms with E-state index in [1.165, 1.54) is 11.8 Å². The van der Waals surface area contributed by atoms with E-state index in [9.17, 15) is 9.59 Å². The summed E-state index contributed by atoms with van der Waals surface area (Å²) in [7, 11) is 5.18. The van der Waals surface area contributed by atoms with Crippen LogP contribution < -0.4 is 14.8 Å². The predicted molar refractivity (Wildman–Crippen MR) is 117 cm³/mol. The van der Waals surface area contributed by atoms with Crippen molar-refractivity contribution in [2.75, 3.05) is 26.1 Å². The second-order valence-corrected chi connectivity index (χ2v) is 7.87. The Hall–Kier alpha value is -3.74. The molecule has 0 spiro atoms. The standard InChI is InChI=1S/C24H23N3O4/c1-13(28)27-12-17-23(24(27)29)21(14-8-9-19(30-3)20(10-14)31-4)15-11-26(2)18-7-5-6-16(25-17)22(15)18/h5-11,21,25H,12H2,1-4H3/t21-/m0/s1. The molecule has 3 heterocycles. The molecule has 0 fully saturated rings. The normalized spacial score (nSPS) is 17.5. The molecule has 1 N–H and O–H groups in total. The molecule has 7 heteroatoms. The molecule has 0 aliphatic carbocycles. The van der Waals surface area contributed by atoms with E-state index in [1.54, 1.807) is 14.2 Å². The summed E-state index contributed by atoms with van der Waals surface area (Å²) in [6, 6.07) is 11.8. The van der Waals surface area contributed by atoms with E-state index >= 15 is 0 Å². The van der Waals surface area contributed by atoms with Gasteiger partial charge in [-0.3, -0.25) is 14.5 Å². The third kappa shape index (κ3) is 2.73. The van der Waals surface area contributed by atoms with Crippen LogP contribution in [0.25, 0.3) is 10.9 Å². The number of nitrogens with zero attached hydrogens (tertiary/aromatic N) is 2. The van der Waals surface area contributed by atoms with Crippen molar-refractivity contribution < 1.29 is 19.1 Å². The number of nitrogens with one attached hydrogen (secondary N) is 1. The molecule has 31 heavy (non-hydrogen) atoms. The lowest BCUT2D eigenvalue weighted by molar-refractivity contribution is -0.139. The Balaban J connectivity index is 1.80. The zero-order valence-corrected chi connectivity index (χ0v) is 17.9. The number of anilines is 1. The maximum absolute atomic E-state index is 13.4. The quantitative estimate of drug-likeness (QED) is 0.707. The van der Waals surface area contributed by atoms with Gasteiger partial charge in [0.15, 0.2) is 11.5 Å². The van der Waals surface area contributed by atoms with Crippen molar-refractivity contribution in [3.05, 3.63) is 65.0 Å². The molecule has 2 aliphatic heterocycles. The number of methoxy groups -OCH3 is 2. The van der Waals surface area contributed by atoms with Crippen LogP contribution in [0.2, 0.25) is 0 Å². The molecule has 1 aromatic heterocycles. The van der Waals surface area contributed by atoms with E-state index in [2.05, 4.69) is 22.1 Å². The number of ether oxygens (including phenoxy) is 2. The molecule has 5 rings (SSSR count). The Kier molecular flexibility index (Phi) is 4.28. The van der Waals surface area contributed by atoms with Crippen molar-refractivity contribution in [3.8, 4) is 11.5 Å². The van der Waals surface area contributed by atoms with Crippen LogP contribution in [0.3, 0.4) is 0 Å². The molecule has 2 amide bonds. The molecule has 7 nitrogen and oxygen atoms in total. The average Bonchev–Trinajstić information content (AvgIpc) is 3.22. The van der Waals surface area contributed by atoms with Gasteiger partial charge in [0.25, 0.3) is 5.91 Å². The monoisotopic (exact) mass is 417 g/mol. The molecule has 0 unspecified atom stereocenters. The van der Waals surface area contributed by atoms with Crippen molar-refractivity contribution in [2.45, 2.75) is 12.8 Å². The van der Waals surface area contributed by atoms with E-state index in [0.29, 0.717) is 17.1 Å². The first-order valence-corrected chi connectivity index (χ1v) is 10.1. The van der Waals surface area contributed by atoms with Gasteiger partial charge in [0.05, 0.1) is 31.9 Å². The SMILES string of the molecule is COc1ccc([C@@H]2C3=C(CN(C(C)=O)C3=O)Nc3cccc4c3c2cn4C)cc1OC. The third-order valence-corrected chi connectivity index (χ3v) is 6.17. The van der Waals surface area contributed by atoms with Crippen LogP contribution in [0.1, 0.15) is 24.0 Å². The maximum Gasteiger partial charge on any atom is 0.259 e. The Labute approximate surface area is 179 Å². The molecule has 0 saturated heterocycles. The fraction of sp³-hybridized carbons (Fsp3) is 0.250. The Morgan fingerprint density at radius 3 is 2.61 bits per heavy atom. The van der Waals surface area contributed by atoms with Crippen LogP contribution >= 0.6 is 0 Å². The highest BCUT2D eigenvalue weighted by atomic mass is 16.5. The first kappa shape index (κ1) is 19.2. The summed E-state index contributed by atoms with van der Waals surface area (Å²) in [5, 5.41) is 4.53. The van der Waals surface area contributed by atoms with Crippen LogP contribution in [-0.4, -0.2) is 42.0 Å². The molecule has 0 bridgehead atoms. The topological polar surface area (TPSA) is 72.8 Å². The molecule has 2 aliphatic rings. The number of amides is 2. The van der Waals surface area contributed by atoms with Crippen molar-refractivity contribution in [2.24, 2.45) is 7.05 Å². The molecule has 0 saturated carbocycles. The number of aromatic nitrogens is 1. The minimum Gasteiger partial charge on any atom is -0.493 e. The summed E-state index contributed by atoms with van der Waals surface area (Å²) < 4.78 is 13.0. The van der Waals surface area contributed by atoms with Gasteiger partial charge in [0.2, 0.25) is 5.91 Å². The number of carbonyl (C=O) groups excluding carboxylic acids is 2. The van der Waals surface area contributed by atoms with E-state index < -0.39 is 0 Å². The maximum atomic E-state index is 13.4. The summed E-state index contributed by atoms with van der Waals surface area (Å²) in [6.07, 6.45) is 2.07.